The molecule has 0 bridgehead atoms. The summed E-state index contributed by atoms with van der Waals surface area (Å²) in [4.78, 5) is 33.5. The number of ketones is 1. The van der Waals surface area contributed by atoms with Crippen LogP contribution in [0.25, 0.3) is 0 Å². The van der Waals surface area contributed by atoms with Crippen LogP contribution in [0.15, 0.2) is 58.1 Å². The van der Waals surface area contributed by atoms with Crippen LogP contribution in [-0.4, -0.2) is 46.2 Å². The SMILES string of the molecule is COc1ccc(OC)c(C2C(C(=O)c3sc(C)nc3C)=C(O)C(=O)N2c2nnc(SCc3ccccc3Cl)s2)c1. The number of ether oxygens (including phenoxy) is 2. The molecule has 0 aliphatic carbocycles. The predicted octanol–water partition coefficient (Wildman–Crippen LogP) is 6.36. The molecule has 206 valence electrons. The zero-order valence-electron chi connectivity index (χ0n) is 21.8. The normalized spacial score (nSPS) is 15.2. The zero-order valence-corrected chi connectivity index (χ0v) is 25.0. The van der Waals surface area contributed by atoms with Crippen LogP contribution in [0.2, 0.25) is 5.02 Å². The number of methoxy groups -OCH3 is 2. The lowest BCUT2D eigenvalue weighted by Crippen LogP contribution is -2.31. The van der Waals surface area contributed by atoms with Crippen molar-refractivity contribution in [1.82, 2.24) is 15.2 Å². The molecule has 0 radical (unpaired) electrons. The zero-order chi connectivity index (χ0) is 28.6. The Bertz CT molecular complexity index is 1650. The second-order valence-corrected chi connectivity index (χ2v) is 12.4. The summed E-state index contributed by atoms with van der Waals surface area (Å²) in [5.41, 5.74) is 1.81. The first kappa shape index (κ1) is 28.1. The molecule has 9 nitrogen and oxygen atoms in total. The number of rotatable bonds is 9. The van der Waals surface area contributed by atoms with Crippen molar-refractivity contribution in [2.45, 2.75) is 30.0 Å². The summed E-state index contributed by atoms with van der Waals surface area (Å²) in [7, 11) is 3.00. The minimum absolute atomic E-state index is 0.0937. The summed E-state index contributed by atoms with van der Waals surface area (Å²) >= 11 is 10.1. The second-order valence-electron chi connectivity index (χ2n) is 8.66. The molecule has 0 fully saturated rings. The Balaban J connectivity index is 1.58. The lowest BCUT2D eigenvalue weighted by molar-refractivity contribution is -0.117. The first-order valence-electron chi connectivity index (χ1n) is 11.9. The van der Waals surface area contributed by atoms with Crippen molar-refractivity contribution in [3.63, 3.8) is 0 Å². The number of aliphatic hydroxyl groups excluding tert-OH is 1. The lowest BCUT2D eigenvalue weighted by Gasteiger charge is -2.25. The van der Waals surface area contributed by atoms with Crippen LogP contribution < -0.4 is 14.4 Å². The van der Waals surface area contributed by atoms with Gasteiger partial charge in [-0.15, -0.1) is 21.5 Å². The molecule has 1 aliphatic rings. The summed E-state index contributed by atoms with van der Waals surface area (Å²) in [5.74, 6) is -0.490. The van der Waals surface area contributed by atoms with E-state index in [1.807, 2.05) is 24.3 Å². The number of amides is 1. The topological polar surface area (TPSA) is 115 Å². The minimum Gasteiger partial charge on any atom is -0.503 e. The third kappa shape index (κ3) is 5.19. The van der Waals surface area contributed by atoms with Crippen LogP contribution in [0.5, 0.6) is 11.5 Å². The number of carbonyl (C=O) groups is 2. The average Bonchev–Trinajstić information content (AvgIpc) is 3.63. The van der Waals surface area contributed by atoms with Gasteiger partial charge in [-0.3, -0.25) is 14.5 Å². The number of thioether (sulfide) groups is 1. The van der Waals surface area contributed by atoms with E-state index >= 15 is 0 Å². The Hall–Kier alpha value is -3.45. The lowest BCUT2D eigenvalue weighted by atomic mass is 9.94. The molecule has 5 rings (SSSR count). The number of halogens is 1. The number of hydrogen-bond donors (Lipinski definition) is 1. The van der Waals surface area contributed by atoms with Gasteiger partial charge < -0.3 is 14.6 Å². The molecule has 2 aromatic heterocycles. The van der Waals surface area contributed by atoms with Gasteiger partial charge in [-0.1, -0.05) is 52.9 Å². The number of nitrogens with zero attached hydrogens (tertiary/aromatic N) is 4. The fraction of sp³-hybridized carbons (Fsp3) is 0.222. The van der Waals surface area contributed by atoms with Crippen molar-refractivity contribution >= 4 is 62.9 Å². The molecular weight excluding hydrogens is 592 g/mol. The first-order chi connectivity index (χ1) is 19.2. The Morgan fingerprint density at radius 2 is 1.90 bits per heavy atom. The fourth-order valence-electron chi connectivity index (χ4n) is 4.36. The van der Waals surface area contributed by atoms with Crippen LogP contribution in [0.4, 0.5) is 5.13 Å². The Kier molecular flexibility index (Phi) is 8.13. The number of aliphatic hydroxyl groups is 1. The van der Waals surface area contributed by atoms with E-state index in [9.17, 15) is 14.7 Å². The Labute approximate surface area is 247 Å². The number of hydrogen-bond acceptors (Lipinski definition) is 11. The molecule has 2 aromatic carbocycles. The van der Waals surface area contributed by atoms with E-state index < -0.39 is 23.5 Å². The number of carbonyl (C=O) groups excluding carboxylic acids is 2. The van der Waals surface area contributed by atoms with Crippen LogP contribution in [-0.2, 0) is 10.5 Å². The molecule has 1 amide bonds. The van der Waals surface area contributed by atoms with Gasteiger partial charge in [0.25, 0.3) is 5.91 Å². The van der Waals surface area contributed by atoms with Crippen molar-refractivity contribution in [3.05, 3.63) is 85.5 Å². The van der Waals surface area contributed by atoms with Crippen molar-refractivity contribution in [2.24, 2.45) is 0 Å². The number of benzene rings is 2. The van der Waals surface area contributed by atoms with E-state index in [2.05, 4.69) is 15.2 Å². The number of Topliss-reactive ketones (excluding diaryl/α,β-unsaturated/α-hetero) is 1. The van der Waals surface area contributed by atoms with E-state index in [4.69, 9.17) is 21.1 Å². The summed E-state index contributed by atoms with van der Waals surface area (Å²) in [6.45, 7) is 3.51. The van der Waals surface area contributed by atoms with Crippen LogP contribution in [0, 0.1) is 13.8 Å². The van der Waals surface area contributed by atoms with Gasteiger partial charge in [0.15, 0.2) is 10.1 Å². The summed E-state index contributed by atoms with van der Waals surface area (Å²) in [6.07, 6.45) is 0. The molecule has 0 saturated heterocycles. The number of aromatic nitrogens is 3. The van der Waals surface area contributed by atoms with Gasteiger partial charge >= 0.3 is 0 Å². The molecule has 40 heavy (non-hydrogen) atoms. The van der Waals surface area contributed by atoms with E-state index in [0.717, 1.165) is 5.56 Å². The van der Waals surface area contributed by atoms with Crippen LogP contribution in [0.3, 0.4) is 0 Å². The third-order valence-corrected chi connectivity index (χ3v) is 9.75. The fourth-order valence-corrected chi connectivity index (χ4v) is 7.39. The highest BCUT2D eigenvalue weighted by atomic mass is 35.5. The van der Waals surface area contributed by atoms with Gasteiger partial charge in [-0.05, 0) is 43.7 Å². The van der Waals surface area contributed by atoms with Crippen molar-refractivity contribution in [3.8, 4) is 11.5 Å². The molecule has 0 saturated carbocycles. The maximum Gasteiger partial charge on any atom is 0.296 e. The third-order valence-electron chi connectivity index (χ3n) is 6.20. The van der Waals surface area contributed by atoms with E-state index in [-0.39, 0.29) is 10.7 Å². The molecule has 1 unspecified atom stereocenters. The minimum atomic E-state index is -1.05. The maximum absolute atomic E-state index is 13.9. The van der Waals surface area contributed by atoms with Gasteiger partial charge in [0, 0.05) is 16.3 Å². The van der Waals surface area contributed by atoms with Gasteiger partial charge in [0.2, 0.25) is 10.9 Å². The molecular formula is C27H23ClN4O5S3. The Morgan fingerprint density at radius 1 is 1.12 bits per heavy atom. The highest BCUT2D eigenvalue weighted by molar-refractivity contribution is 8.00. The quantitative estimate of drug-likeness (QED) is 0.131. The van der Waals surface area contributed by atoms with Gasteiger partial charge in [-0.25, -0.2) is 4.98 Å². The van der Waals surface area contributed by atoms with Crippen molar-refractivity contribution in [1.29, 1.82) is 0 Å². The predicted molar refractivity (Wildman–Crippen MR) is 156 cm³/mol. The molecule has 4 aromatic rings. The molecule has 1 aliphatic heterocycles. The first-order valence-corrected chi connectivity index (χ1v) is 14.9. The van der Waals surface area contributed by atoms with Crippen LogP contribution in [0.1, 0.15) is 37.5 Å². The standard InChI is InChI=1S/C27H23ClN4O5S3/c1-13-24(39-14(2)29-13)22(33)20-21(17-11-16(36-3)9-10-19(17)37-4)32(25(35)23(20)34)26-30-31-27(40-26)38-12-15-7-5-6-8-18(15)28/h5-11,21,34H,12H2,1-4H3. The summed E-state index contributed by atoms with van der Waals surface area (Å²) in [6, 6.07) is 11.5. The van der Waals surface area contributed by atoms with Crippen molar-refractivity contribution < 1.29 is 24.2 Å². The number of aryl methyl sites for hydroxylation is 2. The average molecular weight is 615 g/mol. The molecule has 1 atom stereocenters. The number of thiazole rings is 1. The second kappa shape index (κ2) is 11.6. The van der Waals surface area contributed by atoms with Gasteiger partial charge in [0.05, 0.1) is 35.4 Å². The maximum atomic E-state index is 13.9. The Morgan fingerprint density at radius 3 is 2.58 bits per heavy atom. The highest BCUT2D eigenvalue weighted by Crippen LogP contribution is 2.47. The monoisotopic (exact) mass is 614 g/mol. The van der Waals surface area contributed by atoms with Gasteiger partial charge in [0.1, 0.15) is 17.5 Å². The molecule has 0 spiro atoms. The van der Waals surface area contributed by atoms with Crippen LogP contribution >= 0.6 is 46.0 Å². The summed E-state index contributed by atoms with van der Waals surface area (Å²) in [5, 5.41) is 21.2. The van der Waals surface area contributed by atoms with E-state index in [1.165, 1.54) is 53.6 Å². The van der Waals surface area contributed by atoms with Gasteiger partial charge in [-0.2, -0.15) is 0 Å². The summed E-state index contributed by atoms with van der Waals surface area (Å²) < 4.78 is 11.6. The number of anilines is 1. The molecule has 1 N–H and O–H groups in total. The van der Waals surface area contributed by atoms with E-state index in [0.29, 0.717) is 47.8 Å². The molecule has 3 heterocycles. The smallest absolute Gasteiger partial charge is 0.296 e. The van der Waals surface area contributed by atoms with E-state index in [1.54, 1.807) is 32.0 Å². The van der Waals surface area contributed by atoms with Crippen molar-refractivity contribution in [2.75, 3.05) is 19.1 Å². The molecule has 13 heteroatoms. The largest absolute Gasteiger partial charge is 0.503 e. The highest BCUT2D eigenvalue weighted by Gasteiger charge is 2.48.